The highest BCUT2D eigenvalue weighted by molar-refractivity contribution is 5.94. The summed E-state index contributed by atoms with van der Waals surface area (Å²) in [6.07, 6.45) is 11.3. The van der Waals surface area contributed by atoms with Gasteiger partial charge in [0.25, 0.3) is 5.91 Å². The molecule has 1 aliphatic heterocycles. The first-order valence-electron chi connectivity index (χ1n) is 11.7. The summed E-state index contributed by atoms with van der Waals surface area (Å²) in [6, 6.07) is 9.05. The Kier molecular flexibility index (Phi) is 7.69. The summed E-state index contributed by atoms with van der Waals surface area (Å²) in [5, 5.41) is 0. The predicted molar refractivity (Wildman–Crippen MR) is 121 cm³/mol. The fourth-order valence-corrected chi connectivity index (χ4v) is 4.54. The van der Waals surface area contributed by atoms with Crippen LogP contribution >= 0.6 is 0 Å². The minimum Gasteiger partial charge on any atom is -0.478 e. The van der Waals surface area contributed by atoms with Crippen LogP contribution in [0.3, 0.4) is 0 Å². The monoisotopic (exact) mass is 436 g/mol. The molecule has 1 saturated carbocycles. The van der Waals surface area contributed by atoms with Crippen LogP contribution < -0.4 is 4.74 Å². The summed E-state index contributed by atoms with van der Waals surface area (Å²) in [4.78, 5) is 37.6. The van der Waals surface area contributed by atoms with Crippen molar-refractivity contribution in [3.8, 4) is 5.88 Å². The molecule has 0 radical (unpaired) electrons. The number of hydrogen-bond donors (Lipinski definition) is 0. The summed E-state index contributed by atoms with van der Waals surface area (Å²) < 4.78 is 5.85. The Morgan fingerprint density at radius 2 is 1.72 bits per heavy atom. The number of ether oxygens (including phenoxy) is 1. The van der Waals surface area contributed by atoms with Crippen LogP contribution in [0.5, 0.6) is 5.88 Å². The van der Waals surface area contributed by atoms with E-state index in [9.17, 15) is 9.59 Å². The standard InChI is InChI=1S/C25H32N4O3/c30-24(19-22-8-4-5-11-26-22)28-13-15-29(16-14-28)25(31)21-9-12-27-23(18-21)32-17-10-20-6-2-1-3-7-20/h4-5,8-9,11-12,18,20H,1-3,6-7,10,13-17,19H2. The second-order valence-electron chi connectivity index (χ2n) is 8.69. The summed E-state index contributed by atoms with van der Waals surface area (Å²) in [6.45, 7) is 2.76. The number of piperazine rings is 1. The summed E-state index contributed by atoms with van der Waals surface area (Å²) in [7, 11) is 0. The SMILES string of the molecule is O=C(Cc1ccccn1)N1CCN(C(=O)c2ccnc(OCCC3CCCCC3)c2)CC1. The van der Waals surface area contributed by atoms with E-state index >= 15 is 0 Å². The second-order valence-corrected chi connectivity index (χ2v) is 8.69. The van der Waals surface area contributed by atoms with Gasteiger partial charge in [-0.1, -0.05) is 38.2 Å². The molecule has 7 nitrogen and oxygen atoms in total. The number of pyridine rings is 2. The number of amides is 2. The smallest absolute Gasteiger partial charge is 0.254 e. The largest absolute Gasteiger partial charge is 0.478 e. The van der Waals surface area contributed by atoms with Gasteiger partial charge in [-0.2, -0.15) is 0 Å². The second kappa shape index (κ2) is 11.1. The van der Waals surface area contributed by atoms with Crippen LogP contribution in [0.25, 0.3) is 0 Å². The molecule has 170 valence electrons. The van der Waals surface area contributed by atoms with Gasteiger partial charge in [0.1, 0.15) is 0 Å². The molecule has 2 fully saturated rings. The van der Waals surface area contributed by atoms with E-state index in [0.29, 0.717) is 50.7 Å². The lowest BCUT2D eigenvalue weighted by molar-refractivity contribution is -0.132. The van der Waals surface area contributed by atoms with Crippen molar-refractivity contribution in [1.29, 1.82) is 0 Å². The average molecular weight is 437 g/mol. The zero-order valence-corrected chi connectivity index (χ0v) is 18.6. The maximum atomic E-state index is 13.0. The molecule has 0 unspecified atom stereocenters. The molecule has 4 rings (SSSR count). The Hall–Kier alpha value is -2.96. The molecule has 0 aromatic carbocycles. The molecule has 0 N–H and O–H groups in total. The van der Waals surface area contributed by atoms with E-state index in [1.807, 2.05) is 23.1 Å². The molecule has 3 heterocycles. The van der Waals surface area contributed by atoms with Crippen LogP contribution in [0.4, 0.5) is 0 Å². The number of aromatic nitrogens is 2. The highest BCUT2D eigenvalue weighted by Crippen LogP contribution is 2.26. The van der Waals surface area contributed by atoms with Crippen molar-refractivity contribution in [2.75, 3.05) is 32.8 Å². The first-order valence-corrected chi connectivity index (χ1v) is 11.7. The highest BCUT2D eigenvalue weighted by atomic mass is 16.5. The Labute approximate surface area is 189 Å². The van der Waals surface area contributed by atoms with E-state index in [2.05, 4.69) is 9.97 Å². The molecule has 1 saturated heterocycles. The van der Waals surface area contributed by atoms with Crippen molar-refractivity contribution in [2.24, 2.45) is 5.92 Å². The Balaban J connectivity index is 1.24. The van der Waals surface area contributed by atoms with E-state index < -0.39 is 0 Å². The van der Waals surface area contributed by atoms with Crippen molar-refractivity contribution in [3.63, 3.8) is 0 Å². The van der Waals surface area contributed by atoms with Crippen LogP contribution in [0.2, 0.25) is 0 Å². The Bertz CT molecular complexity index is 891. The number of hydrogen-bond acceptors (Lipinski definition) is 5. The van der Waals surface area contributed by atoms with Crippen molar-refractivity contribution in [3.05, 3.63) is 54.0 Å². The van der Waals surface area contributed by atoms with Gasteiger partial charge in [-0.3, -0.25) is 14.6 Å². The Morgan fingerprint density at radius 3 is 2.47 bits per heavy atom. The van der Waals surface area contributed by atoms with E-state index in [1.54, 1.807) is 29.4 Å². The van der Waals surface area contributed by atoms with Gasteiger partial charge in [-0.25, -0.2) is 4.98 Å². The molecule has 2 aromatic rings. The van der Waals surface area contributed by atoms with Gasteiger partial charge in [0.2, 0.25) is 11.8 Å². The van der Waals surface area contributed by atoms with Gasteiger partial charge < -0.3 is 14.5 Å². The number of carbonyl (C=O) groups is 2. The molecule has 2 amide bonds. The normalized spacial score (nSPS) is 17.2. The van der Waals surface area contributed by atoms with Gasteiger partial charge in [-0.05, 0) is 30.5 Å². The molecule has 0 spiro atoms. The lowest BCUT2D eigenvalue weighted by Crippen LogP contribution is -2.51. The first-order chi connectivity index (χ1) is 15.7. The maximum absolute atomic E-state index is 13.0. The van der Waals surface area contributed by atoms with Crippen molar-refractivity contribution in [2.45, 2.75) is 44.9 Å². The molecular weight excluding hydrogens is 404 g/mol. The van der Waals surface area contributed by atoms with Crippen molar-refractivity contribution >= 4 is 11.8 Å². The predicted octanol–water partition coefficient (Wildman–Crippen LogP) is 3.35. The Morgan fingerprint density at radius 1 is 0.938 bits per heavy atom. The highest BCUT2D eigenvalue weighted by Gasteiger charge is 2.25. The topological polar surface area (TPSA) is 75.6 Å². The molecule has 2 aromatic heterocycles. The summed E-state index contributed by atoms with van der Waals surface area (Å²) in [5.41, 5.74) is 1.35. The summed E-state index contributed by atoms with van der Waals surface area (Å²) >= 11 is 0. The zero-order valence-electron chi connectivity index (χ0n) is 18.6. The van der Waals surface area contributed by atoms with Gasteiger partial charge in [0.15, 0.2) is 0 Å². The van der Waals surface area contributed by atoms with E-state index in [0.717, 1.165) is 18.0 Å². The quantitative estimate of drug-likeness (QED) is 0.665. The number of rotatable bonds is 7. The lowest BCUT2D eigenvalue weighted by Gasteiger charge is -2.34. The van der Waals surface area contributed by atoms with Crippen molar-refractivity contribution in [1.82, 2.24) is 19.8 Å². The summed E-state index contributed by atoms with van der Waals surface area (Å²) in [5.74, 6) is 1.27. The fourth-order valence-electron chi connectivity index (χ4n) is 4.54. The molecular formula is C25H32N4O3. The third kappa shape index (κ3) is 6.05. The minimum atomic E-state index is -0.0404. The van der Waals surface area contributed by atoms with Gasteiger partial charge in [0.05, 0.1) is 13.0 Å². The fraction of sp³-hybridized carbons (Fsp3) is 0.520. The average Bonchev–Trinajstić information content (AvgIpc) is 2.85. The van der Waals surface area contributed by atoms with Gasteiger partial charge >= 0.3 is 0 Å². The molecule has 0 bridgehead atoms. The van der Waals surface area contributed by atoms with Crippen LogP contribution in [0, 0.1) is 5.92 Å². The van der Waals surface area contributed by atoms with Crippen LogP contribution in [0.15, 0.2) is 42.7 Å². The lowest BCUT2D eigenvalue weighted by atomic mass is 9.87. The van der Waals surface area contributed by atoms with Crippen molar-refractivity contribution < 1.29 is 14.3 Å². The first kappa shape index (κ1) is 22.2. The minimum absolute atomic E-state index is 0.0404. The maximum Gasteiger partial charge on any atom is 0.254 e. The molecule has 7 heteroatoms. The molecule has 2 aliphatic rings. The third-order valence-electron chi connectivity index (χ3n) is 6.46. The third-order valence-corrected chi connectivity index (χ3v) is 6.46. The molecule has 32 heavy (non-hydrogen) atoms. The van der Waals surface area contributed by atoms with Crippen LogP contribution in [-0.2, 0) is 11.2 Å². The van der Waals surface area contributed by atoms with E-state index in [-0.39, 0.29) is 11.8 Å². The number of carbonyl (C=O) groups excluding carboxylic acids is 2. The molecule has 1 aliphatic carbocycles. The zero-order chi connectivity index (χ0) is 22.2. The van der Waals surface area contributed by atoms with E-state index in [1.165, 1.54) is 32.1 Å². The molecule has 0 atom stereocenters. The van der Waals surface area contributed by atoms with Gasteiger partial charge in [-0.15, -0.1) is 0 Å². The number of nitrogens with zero attached hydrogens (tertiary/aromatic N) is 4. The van der Waals surface area contributed by atoms with Gasteiger partial charge in [0, 0.05) is 55.9 Å². The van der Waals surface area contributed by atoms with Crippen LogP contribution in [-0.4, -0.2) is 64.4 Å². The van der Waals surface area contributed by atoms with Crippen LogP contribution in [0.1, 0.15) is 54.6 Å². The van der Waals surface area contributed by atoms with E-state index in [4.69, 9.17) is 4.74 Å².